The topological polar surface area (TPSA) is 43.4 Å². The Bertz CT molecular complexity index is 251. The fraction of sp³-hybridized carbons (Fsp3) is 0.875. The van der Waals surface area contributed by atoms with Crippen LogP contribution in [0.3, 0.4) is 0 Å². The van der Waals surface area contributed by atoms with E-state index in [2.05, 4.69) is 4.74 Å². The Morgan fingerprint density at radius 1 is 1.57 bits per heavy atom. The lowest BCUT2D eigenvalue weighted by molar-refractivity contribution is -0.141. The number of alkyl halides is 2. The van der Waals surface area contributed by atoms with Gasteiger partial charge in [-0.25, -0.2) is 0 Å². The van der Waals surface area contributed by atoms with Crippen LogP contribution in [0.15, 0.2) is 0 Å². The first-order valence-electron chi connectivity index (χ1n) is 4.21. The van der Waals surface area contributed by atoms with Crippen molar-refractivity contribution >= 4 is 16.8 Å². The Balaban J connectivity index is 2.43. The second-order valence-corrected chi connectivity index (χ2v) is 4.95. The molecule has 0 bridgehead atoms. The molecule has 0 saturated heterocycles. The maximum absolute atomic E-state index is 12.0. The molecule has 1 atom stereocenters. The van der Waals surface area contributed by atoms with Gasteiger partial charge >= 0.3 is 11.7 Å². The number of carbonyl (C=O) groups is 1. The summed E-state index contributed by atoms with van der Waals surface area (Å²) < 4.78 is 39.3. The van der Waals surface area contributed by atoms with E-state index in [0.717, 1.165) is 0 Å². The normalized spacial score (nSPS) is 20.6. The molecular formula is C8H12F2O3S. The summed E-state index contributed by atoms with van der Waals surface area (Å²) in [5.41, 5.74) is -0.478. The van der Waals surface area contributed by atoms with Gasteiger partial charge in [0.25, 0.3) is 0 Å². The number of esters is 1. The van der Waals surface area contributed by atoms with Crippen molar-refractivity contribution in [1.82, 2.24) is 0 Å². The second kappa shape index (κ2) is 4.33. The van der Waals surface area contributed by atoms with Crippen molar-refractivity contribution in [2.45, 2.75) is 25.0 Å². The zero-order chi connectivity index (χ0) is 10.8. The number of rotatable bonds is 5. The van der Waals surface area contributed by atoms with Gasteiger partial charge in [0, 0.05) is 5.75 Å². The highest BCUT2D eigenvalue weighted by Gasteiger charge is 2.46. The van der Waals surface area contributed by atoms with Gasteiger partial charge in [-0.15, -0.1) is 0 Å². The van der Waals surface area contributed by atoms with Crippen LogP contribution in [0.5, 0.6) is 0 Å². The standard InChI is InChI=1S/C8H12F2O3S/c1-13-6(11)4-8(2-3-8)5-14(12)7(9)10/h7H,2-5H2,1H3. The molecule has 1 fully saturated rings. The highest BCUT2D eigenvalue weighted by atomic mass is 32.2. The van der Waals surface area contributed by atoms with E-state index >= 15 is 0 Å². The summed E-state index contributed by atoms with van der Waals surface area (Å²) in [6.45, 7) is 0. The summed E-state index contributed by atoms with van der Waals surface area (Å²) in [5.74, 6) is -3.33. The number of hydrogen-bond acceptors (Lipinski definition) is 3. The number of ether oxygens (including phenoxy) is 1. The van der Waals surface area contributed by atoms with Gasteiger partial charge < -0.3 is 4.74 Å². The lowest BCUT2D eigenvalue weighted by Gasteiger charge is -2.12. The van der Waals surface area contributed by atoms with Crippen LogP contribution >= 0.6 is 0 Å². The number of methoxy groups -OCH3 is 1. The Morgan fingerprint density at radius 2 is 2.14 bits per heavy atom. The monoisotopic (exact) mass is 226 g/mol. The van der Waals surface area contributed by atoms with Gasteiger partial charge in [-0.3, -0.25) is 9.00 Å². The molecule has 6 heteroatoms. The molecule has 1 unspecified atom stereocenters. The van der Waals surface area contributed by atoms with Crippen molar-refractivity contribution in [2.75, 3.05) is 12.9 Å². The molecule has 0 aromatic heterocycles. The second-order valence-electron chi connectivity index (χ2n) is 3.54. The highest BCUT2D eigenvalue weighted by Crippen LogP contribution is 2.49. The first kappa shape index (κ1) is 11.6. The van der Waals surface area contributed by atoms with Crippen LogP contribution in [-0.2, 0) is 20.3 Å². The third kappa shape index (κ3) is 3.01. The molecule has 82 valence electrons. The zero-order valence-electron chi connectivity index (χ0n) is 7.79. The van der Waals surface area contributed by atoms with E-state index < -0.39 is 27.9 Å². The molecule has 0 spiro atoms. The van der Waals surface area contributed by atoms with E-state index in [9.17, 15) is 17.8 Å². The smallest absolute Gasteiger partial charge is 0.311 e. The van der Waals surface area contributed by atoms with Crippen molar-refractivity contribution in [3.05, 3.63) is 0 Å². The predicted molar refractivity (Wildman–Crippen MR) is 47.3 cm³/mol. The summed E-state index contributed by atoms with van der Waals surface area (Å²) in [5, 5.41) is 0. The zero-order valence-corrected chi connectivity index (χ0v) is 8.61. The molecular weight excluding hydrogens is 214 g/mol. The third-order valence-corrected chi connectivity index (χ3v) is 3.65. The molecule has 1 saturated carbocycles. The van der Waals surface area contributed by atoms with Crippen molar-refractivity contribution in [1.29, 1.82) is 0 Å². The molecule has 0 aliphatic heterocycles. The maximum Gasteiger partial charge on any atom is 0.311 e. The summed E-state index contributed by atoms with van der Waals surface area (Å²) in [6, 6.07) is 0. The first-order valence-corrected chi connectivity index (χ1v) is 5.59. The SMILES string of the molecule is COC(=O)CC1(CS(=O)C(F)F)CC1. The molecule has 1 rings (SSSR count). The summed E-state index contributed by atoms with van der Waals surface area (Å²) in [6.07, 6.45) is 1.46. The molecule has 3 nitrogen and oxygen atoms in total. The maximum atomic E-state index is 12.0. The lowest BCUT2D eigenvalue weighted by atomic mass is 10.1. The van der Waals surface area contributed by atoms with Crippen molar-refractivity contribution in [3.8, 4) is 0 Å². The number of carbonyl (C=O) groups excluding carboxylic acids is 1. The lowest BCUT2D eigenvalue weighted by Crippen LogP contribution is -2.20. The van der Waals surface area contributed by atoms with Crippen molar-refractivity contribution < 1.29 is 22.5 Å². The summed E-state index contributed by atoms with van der Waals surface area (Å²) in [4.78, 5) is 10.9. The van der Waals surface area contributed by atoms with Gasteiger partial charge in [-0.05, 0) is 18.3 Å². The van der Waals surface area contributed by atoms with Crippen molar-refractivity contribution in [3.63, 3.8) is 0 Å². The largest absolute Gasteiger partial charge is 0.469 e. The Morgan fingerprint density at radius 3 is 2.50 bits per heavy atom. The molecule has 0 aromatic carbocycles. The molecule has 14 heavy (non-hydrogen) atoms. The third-order valence-electron chi connectivity index (χ3n) is 2.35. The van der Waals surface area contributed by atoms with Crippen LogP contribution < -0.4 is 0 Å². The van der Waals surface area contributed by atoms with Crippen molar-refractivity contribution in [2.24, 2.45) is 5.41 Å². The highest BCUT2D eigenvalue weighted by molar-refractivity contribution is 7.85. The average molecular weight is 226 g/mol. The van der Waals surface area contributed by atoms with Gasteiger partial charge in [-0.2, -0.15) is 8.78 Å². The van der Waals surface area contributed by atoms with Gasteiger partial charge in [-0.1, -0.05) is 0 Å². The predicted octanol–water partition coefficient (Wildman–Crippen LogP) is 1.30. The minimum Gasteiger partial charge on any atom is -0.469 e. The van der Waals surface area contributed by atoms with Gasteiger partial charge in [0.05, 0.1) is 24.3 Å². The molecule has 0 radical (unpaired) electrons. The summed E-state index contributed by atoms with van der Waals surface area (Å²) in [7, 11) is -0.886. The van der Waals surface area contributed by atoms with Crippen LogP contribution in [0.1, 0.15) is 19.3 Å². The van der Waals surface area contributed by atoms with Crippen LogP contribution in [0.2, 0.25) is 0 Å². The summed E-state index contributed by atoms with van der Waals surface area (Å²) >= 11 is 0. The van der Waals surface area contributed by atoms with Gasteiger partial charge in [0.2, 0.25) is 0 Å². The van der Waals surface area contributed by atoms with Crippen LogP contribution in [-0.4, -0.2) is 28.8 Å². The Labute approximate surface area is 83.3 Å². The Kier molecular flexibility index (Phi) is 3.58. The molecule has 0 amide bonds. The Hall–Kier alpha value is -0.520. The first-order chi connectivity index (χ1) is 6.49. The molecule has 1 aliphatic rings. The van der Waals surface area contributed by atoms with Gasteiger partial charge in [0.15, 0.2) is 0 Å². The van der Waals surface area contributed by atoms with E-state index in [1.807, 2.05) is 0 Å². The van der Waals surface area contributed by atoms with Crippen LogP contribution in [0, 0.1) is 5.41 Å². The molecule has 0 aromatic rings. The van der Waals surface area contributed by atoms with E-state index in [-0.39, 0.29) is 12.2 Å². The minimum atomic E-state index is -2.81. The average Bonchev–Trinajstić information content (AvgIpc) is 2.84. The van der Waals surface area contributed by atoms with Gasteiger partial charge in [0.1, 0.15) is 0 Å². The fourth-order valence-electron chi connectivity index (χ4n) is 1.29. The van der Waals surface area contributed by atoms with Crippen LogP contribution in [0.25, 0.3) is 0 Å². The minimum absolute atomic E-state index is 0.0975. The van der Waals surface area contributed by atoms with E-state index in [1.54, 1.807) is 0 Å². The van der Waals surface area contributed by atoms with Crippen LogP contribution in [0.4, 0.5) is 8.78 Å². The van der Waals surface area contributed by atoms with E-state index in [1.165, 1.54) is 7.11 Å². The molecule has 0 heterocycles. The quantitative estimate of drug-likeness (QED) is 0.664. The molecule has 0 N–H and O–H groups in total. The molecule has 1 aliphatic carbocycles. The number of hydrogen-bond donors (Lipinski definition) is 0. The fourth-order valence-corrected chi connectivity index (χ4v) is 2.41. The van der Waals surface area contributed by atoms with E-state index in [4.69, 9.17) is 0 Å². The van der Waals surface area contributed by atoms with E-state index in [0.29, 0.717) is 12.8 Å². The number of halogens is 2.